The second-order valence-corrected chi connectivity index (χ2v) is 4.44. The van der Waals surface area contributed by atoms with Crippen molar-refractivity contribution >= 4 is 0 Å². The van der Waals surface area contributed by atoms with Gasteiger partial charge in [-0.2, -0.15) is 5.10 Å². The Morgan fingerprint density at radius 1 is 1.47 bits per heavy atom. The van der Waals surface area contributed by atoms with Gasteiger partial charge in [0.05, 0.1) is 12.3 Å². The monoisotopic (exact) mass is 211 g/mol. The summed E-state index contributed by atoms with van der Waals surface area (Å²) in [4.78, 5) is 0. The normalized spacial score (nSPS) is 13.4. The van der Waals surface area contributed by atoms with Crippen molar-refractivity contribution in [1.82, 2.24) is 15.1 Å². The molecule has 1 heterocycles. The molecule has 1 aromatic heterocycles. The number of aromatic nitrogens is 2. The summed E-state index contributed by atoms with van der Waals surface area (Å²) in [5.41, 5.74) is 1.16. The fourth-order valence-corrected chi connectivity index (χ4v) is 1.40. The minimum Gasteiger partial charge on any atom is -0.392 e. The number of hydrogen-bond acceptors (Lipinski definition) is 3. The van der Waals surface area contributed by atoms with Gasteiger partial charge in [-0.25, -0.2) is 0 Å². The molecule has 0 aliphatic carbocycles. The van der Waals surface area contributed by atoms with Crippen LogP contribution in [0.3, 0.4) is 0 Å². The van der Waals surface area contributed by atoms with Gasteiger partial charge in [-0.05, 0) is 12.8 Å². The van der Waals surface area contributed by atoms with Gasteiger partial charge in [0, 0.05) is 31.4 Å². The van der Waals surface area contributed by atoms with E-state index in [1.54, 1.807) is 6.92 Å². The molecule has 4 nitrogen and oxygen atoms in total. The molecule has 0 saturated carbocycles. The van der Waals surface area contributed by atoms with Crippen LogP contribution in [0.25, 0.3) is 0 Å². The van der Waals surface area contributed by atoms with E-state index < -0.39 is 0 Å². The first-order valence-electron chi connectivity index (χ1n) is 5.48. The molecule has 2 N–H and O–H groups in total. The first kappa shape index (κ1) is 12.2. The molecular formula is C11H21N3O. The lowest BCUT2D eigenvalue weighted by atomic mass is 10.2. The molecule has 0 saturated heterocycles. The Hall–Kier alpha value is -0.870. The maximum absolute atomic E-state index is 9.07. The van der Waals surface area contributed by atoms with Crippen LogP contribution in [0.4, 0.5) is 0 Å². The van der Waals surface area contributed by atoms with Gasteiger partial charge in [-0.15, -0.1) is 0 Å². The number of nitrogens with zero attached hydrogens (tertiary/aromatic N) is 2. The smallest absolute Gasteiger partial charge is 0.0636 e. The summed E-state index contributed by atoms with van der Waals surface area (Å²) in [6.07, 6.45) is 3.63. The van der Waals surface area contributed by atoms with E-state index >= 15 is 0 Å². The van der Waals surface area contributed by atoms with E-state index in [0.717, 1.165) is 18.7 Å². The number of nitrogens with one attached hydrogen (secondary N) is 1. The largest absolute Gasteiger partial charge is 0.392 e. The standard InChI is InChI=1S/C11H21N3O/c1-9(2)7-14-8-11(6-13-14)5-12-4-10(3)15/h6,8-10,12,15H,4-5,7H2,1-3H3/t10-/m1/s1. The zero-order chi connectivity index (χ0) is 11.3. The van der Waals surface area contributed by atoms with Crippen LogP contribution >= 0.6 is 0 Å². The van der Waals surface area contributed by atoms with Crippen LogP contribution in [-0.4, -0.2) is 27.5 Å². The summed E-state index contributed by atoms with van der Waals surface area (Å²) in [6.45, 7) is 8.46. The molecule has 0 aliphatic heterocycles. The van der Waals surface area contributed by atoms with Crippen molar-refractivity contribution in [3.63, 3.8) is 0 Å². The van der Waals surface area contributed by atoms with Gasteiger partial charge in [-0.1, -0.05) is 13.8 Å². The van der Waals surface area contributed by atoms with Gasteiger partial charge in [0.25, 0.3) is 0 Å². The molecule has 0 amide bonds. The van der Waals surface area contributed by atoms with Crippen LogP contribution in [0.15, 0.2) is 12.4 Å². The van der Waals surface area contributed by atoms with E-state index in [0.29, 0.717) is 12.5 Å². The number of aliphatic hydroxyl groups is 1. The Morgan fingerprint density at radius 3 is 2.80 bits per heavy atom. The van der Waals surface area contributed by atoms with Crippen LogP contribution < -0.4 is 5.32 Å². The zero-order valence-electron chi connectivity index (χ0n) is 9.77. The molecule has 0 aromatic carbocycles. The summed E-state index contributed by atoms with van der Waals surface area (Å²) < 4.78 is 1.96. The molecule has 0 unspecified atom stereocenters. The van der Waals surface area contributed by atoms with Crippen molar-refractivity contribution in [2.45, 2.75) is 40.0 Å². The first-order valence-corrected chi connectivity index (χ1v) is 5.48. The van der Waals surface area contributed by atoms with Crippen molar-refractivity contribution < 1.29 is 5.11 Å². The van der Waals surface area contributed by atoms with Crippen molar-refractivity contribution in [1.29, 1.82) is 0 Å². The number of rotatable bonds is 6. The van der Waals surface area contributed by atoms with E-state index in [2.05, 4.69) is 30.5 Å². The average Bonchev–Trinajstić information content (AvgIpc) is 2.50. The minimum atomic E-state index is -0.296. The van der Waals surface area contributed by atoms with E-state index in [9.17, 15) is 0 Å². The third kappa shape index (κ3) is 4.95. The fraction of sp³-hybridized carbons (Fsp3) is 0.727. The summed E-state index contributed by atoms with van der Waals surface area (Å²) >= 11 is 0. The molecule has 1 rings (SSSR count). The van der Waals surface area contributed by atoms with Crippen molar-refractivity contribution in [3.05, 3.63) is 18.0 Å². The molecule has 0 radical (unpaired) electrons. The van der Waals surface area contributed by atoms with Crippen molar-refractivity contribution in [3.8, 4) is 0 Å². The van der Waals surface area contributed by atoms with Gasteiger partial charge in [0.15, 0.2) is 0 Å². The lowest BCUT2D eigenvalue weighted by molar-refractivity contribution is 0.191. The summed E-state index contributed by atoms with van der Waals surface area (Å²) in [7, 11) is 0. The second kappa shape index (κ2) is 5.88. The zero-order valence-corrected chi connectivity index (χ0v) is 9.77. The quantitative estimate of drug-likeness (QED) is 0.738. The highest BCUT2D eigenvalue weighted by molar-refractivity contribution is 5.03. The summed E-state index contributed by atoms with van der Waals surface area (Å²) in [6, 6.07) is 0. The van der Waals surface area contributed by atoms with Gasteiger partial charge < -0.3 is 10.4 Å². The Balaban J connectivity index is 2.33. The van der Waals surface area contributed by atoms with Crippen LogP contribution in [-0.2, 0) is 13.1 Å². The molecular weight excluding hydrogens is 190 g/mol. The maximum atomic E-state index is 9.07. The van der Waals surface area contributed by atoms with Crippen LogP contribution in [0.2, 0.25) is 0 Å². The van der Waals surface area contributed by atoms with Crippen molar-refractivity contribution in [2.75, 3.05) is 6.54 Å². The molecule has 0 aliphatic rings. The molecule has 1 atom stereocenters. The SMILES string of the molecule is CC(C)Cn1cc(CNC[C@@H](C)O)cn1. The molecule has 4 heteroatoms. The average molecular weight is 211 g/mol. The first-order chi connectivity index (χ1) is 7.08. The Kier molecular flexibility index (Phi) is 4.78. The van der Waals surface area contributed by atoms with Gasteiger partial charge in [0.1, 0.15) is 0 Å². The highest BCUT2D eigenvalue weighted by Gasteiger charge is 2.01. The lowest BCUT2D eigenvalue weighted by Crippen LogP contribution is -2.23. The predicted octanol–water partition coefficient (Wildman–Crippen LogP) is 1.01. The highest BCUT2D eigenvalue weighted by Crippen LogP contribution is 2.01. The van der Waals surface area contributed by atoms with Crippen LogP contribution in [0.1, 0.15) is 26.3 Å². The van der Waals surface area contributed by atoms with Crippen molar-refractivity contribution in [2.24, 2.45) is 5.92 Å². The topological polar surface area (TPSA) is 50.1 Å². The molecule has 1 aromatic rings. The van der Waals surface area contributed by atoms with Gasteiger partial charge in [0.2, 0.25) is 0 Å². The summed E-state index contributed by atoms with van der Waals surface area (Å²) in [5, 5.41) is 16.5. The van der Waals surface area contributed by atoms with Crippen LogP contribution in [0.5, 0.6) is 0 Å². The second-order valence-electron chi connectivity index (χ2n) is 4.44. The van der Waals surface area contributed by atoms with Gasteiger partial charge >= 0.3 is 0 Å². The van der Waals surface area contributed by atoms with Crippen LogP contribution in [0, 0.1) is 5.92 Å². The van der Waals surface area contributed by atoms with Gasteiger partial charge in [-0.3, -0.25) is 4.68 Å². The number of aliphatic hydroxyl groups excluding tert-OH is 1. The summed E-state index contributed by atoms with van der Waals surface area (Å²) in [5.74, 6) is 0.614. The minimum absolute atomic E-state index is 0.296. The Bertz CT molecular complexity index is 281. The van der Waals surface area contributed by atoms with E-state index in [1.807, 2.05) is 10.9 Å². The molecule has 0 spiro atoms. The highest BCUT2D eigenvalue weighted by atomic mass is 16.3. The fourth-order valence-electron chi connectivity index (χ4n) is 1.40. The van der Waals surface area contributed by atoms with E-state index in [1.165, 1.54) is 0 Å². The Labute approximate surface area is 91.3 Å². The Morgan fingerprint density at radius 2 is 2.20 bits per heavy atom. The third-order valence-electron chi connectivity index (χ3n) is 2.01. The lowest BCUT2D eigenvalue weighted by Gasteiger charge is -2.05. The molecule has 0 bridgehead atoms. The molecule has 86 valence electrons. The molecule has 0 fully saturated rings. The predicted molar refractivity (Wildman–Crippen MR) is 60.5 cm³/mol. The van der Waals surface area contributed by atoms with E-state index in [-0.39, 0.29) is 6.10 Å². The maximum Gasteiger partial charge on any atom is 0.0636 e. The van der Waals surface area contributed by atoms with E-state index in [4.69, 9.17) is 5.11 Å². The number of hydrogen-bond donors (Lipinski definition) is 2. The third-order valence-corrected chi connectivity index (χ3v) is 2.01. The molecule has 15 heavy (non-hydrogen) atoms.